The molecule has 3 nitrogen and oxygen atoms in total. The molecule has 5 aromatic rings. The molecule has 1 unspecified atom stereocenters. The fourth-order valence-electron chi connectivity index (χ4n) is 5.67. The lowest BCUT2D eigenvalue weighted by Crippen LogP contribution is -2.37. The Morgan fingerprint density at radius 1 is 0.800 bits per heavy atom. The maximum Gasteiger partial charge on any atom is 0.132 e. The molecule has 0 fully saturated rings. The first-order valence-corrected chi connectivity index (χ1v) is 12.2. The number of aromatic nitrogens is 2. The smallest absolute Gasteiger partial charge is 0.132 e. The van der Waals surface area contributed by atoms with Gasteiger partial charge in [-0.25, -0.2) is 4.98 Å². The second-order valence-electron chi connectivity index (χ2n) is 9.83. The van der Waals surface area contributed by atoms with E-state index in [9.17, 15) is 0 Å². The van der Waals surface area contributed by atoms with Crippen molar-refractivity contribution < 1.29 is 0 Å². The van der Waals surface area contributed by atoms with Crippen LogP contribution in [-0.4, -0.2) is 22.6 Å². The zero-order valence-corrected chi connectivity index (χ0v) is 20.4. The molecular formula is C32H29N3. The second-order valence-corrected chi connectivity index (χ2v) is 9.83. The summed E-state index contributed by atoms with van der Waals surface area (Å²) in [5.41, 5.74) is 7.29. The fourth-order valence-corrected chi connectivity index (χ4v) is 5.67. The highest BCUT2D eigenvalue weighted by Gasteiger charge is 2.42. The van der Waals surface area contributed by atoms with Gasteiger partial charge in [-0.05, 0) is 29.8 Å². The largest absolute Gasteiger partial charge is 0.352 e. The van der Waals surface area contributed by atoms with Gasteiger partial charge in [0.1, 0.15) is 5.82 Å². The first kappa shape index (κ1) is 21.4. The summed E-state index contributed by atoms with van der Waals surface area (Å²) < 4.78 is 2.39. The predicted octanol–water partition coefficient (Wildman–Crippen LogP) is 7.50. The van der Waals surface area contributed by atoms with Gasteiger partial charge in [-0.2, -0.15) is 0 Å². The Balaban J connectivity index is 1.58. The maximum absolute atomic E-state index is 4.69. The third-order valence-corrected chi connectivity index (χ3v) is 7.39. The first-order chi connectivity index (χ1) is 17.1. The Kier molecular flexibility index (Phi) is 5.07. The van der Waals surface area contributed by atoms with Gasteiger partial charge in [-0.3, -0.25) is 0 Å². The average Bonchev–Trinajstić information content (AvgIpc) is 3.33. The number of rotatable bonds is 4. The lowest BCUT2D eigenvalue weighted by atomic mass is 9.80. The number of benzene rings is 3. The van der Waals surface area contributed by atoms with Gasteiger partial charge in [-0.15, -0.1) is 0 Å². The summed E-state index contributed by atoms with van der Waals surface area (Å²) in [7, 11) is 2.15. The third-order valence-electron chi connectivity index (χ3n) is 7.39. The highest BCUT2D eigenvalue weighted by Crippen LogP contribution is 2.44. The minimum Gasteiger partial charge on any atom is -0.352 e. The van der Waals surface area contributed by atoms with E-state index in [1.807, 2.05) is 12.3 Å². The number of hydrogen-bond acceptors (Lipinski definition) is 2. The fraction of sp³-hybridized carbons (Fsp3) is 0.156. The van der Waals surface area contributed by atoms with E-state index in [4.69, 9.17) is 0 Å². The van der Waals surface area contributed by atoms with E-state index in [0.717, 1.165) is 11.5 Å². The average molecular weight is 456 g/mol. The van der Waals surface area contributed by atoms with E-state index in [0.29, 0.717) is 0 Å². The van der Waals surface area contributed by atoms with Crippen molar-refractivity contribution in [3.8, 4) is 16.9 Å². The van der Waals surface area contributed by atoms with Gasteiger partial charge in [0.25, 0.3) is 0 Å². The van der Waals surface area contributed by atoms with Crippen LogP contribution in [0.25, 0.3) is 33.9 Å². The minimum absolute atomic E-state index is 0.0421. The molecule has 0 radical (unpaired) electrons. The Hall–Kier alpha value is -4.11. The van der Waals surface area contributed by atoms with Gasteiger partial charge in [0.05, 0.1) is 17.3 Å². The molecule has 0 amide bonds. The Morgan fingerprint density at radius 2 is 1.49 bits per heavy atom. The van der Waals surface area contributed by atoms with E-state index < -0.39 is 0 Å². The van der Waals surface area contributed by atoms with Crippen LogP contribution in [0.3, 0.4) is 0 Å². The molecule has 0 spiro atoms. The summed E-state index contributed by atoms with van der Waals surface area (Å²) in [6.45, 7) is 4.63. The lowest BCUT2D eigenvalue weighted by molar-refractivity contribution is 0.489. The summed E-state index contributed by atoms with van der Waals surface area (Å²) in [4.78, 5) is 7.00. The van der Waals surface area contributed by atoms with Crippen LogP contribution in [0.1, 0.15) is 25.0 Å². The Labute approximate surface area is 207 Å². The minimum atomic E-state index is -0.0421. The molecule has 3 heteroatoms. The molecule has 1 atom stereocenters. The molecule has 2 aromatic heterocycles. The standard InChI is InChI=1S/C32H29N3/c1-32(2)27-18-12-22-33-31(27)34(3)29(32)21-20-26-25-17-10-11-19-28(25)35(24-15-8-5-9-16-24)30(26)23-13-6-4-7-14-23/h4-22,29H,1-3H3/b21-20+. The number of fused-ring (bicyclic) bond motifs is 2. The molecule has 1 aliphatic heterocycles. The highest BCUT2D eigenvalue weighted by molar-refractivity contribution is 5.99. The summed E-state index contributed by atoms with van der Waals surface area (Å²) in [6, 6.07) is 34.5. The summed E-state index contributed by atoms with van der Waals surface area (Å²) in [5, 5.41) is 1.25. The molecule has 0 saturated carbocycles. The van der Waals surface area contributed by atoms with Crippen molar-refractivity contribution in [1.29, 1.82) is 0 Å². The van der Waals surface area contributed by atoms with Crippen LogP contribution < -0.4 is 4.90 Å². The molecule has 35 heavy (non-hydrogen) atoms. The van der Waals surface area contributed by atoms with E-state index in [-0.39, 0.29) is 11.5 Å². The zero-order valence-electron chi connectivity index (χ0n) is 20.4. The monoisotopic (exact) mass is 455 g/mol. The van der Waals surface area contributed by atoms with Crippen LogP contribution in [-0.2, 0) is 5.41 Å². The van der Waals surface area contributed by atoms with Crippen molar-refractivity contribution in [3.63, 3.8) is 0 Å². The van der Waals surface area contributed by atoms with Gasteiger partial charge in [-0.1, -0.05) is 98.8 Å². The van der Waals surface area contributed by atoms with Crippen LogP contribution in [0.5, 0.6) is 0 Å². The van der Waals surface area contributed by atoms with Gasteiger partial charge in [0.2, 0.25) is 0 Å². The molecule has 0 aliphatic carbocycles. The van der Waals surface area contributed by atoms with E-state index in [2.05, 4.69) is 138 Å². The molecule has 0 saturated heterocycles. The van der Waals surface area contributed by atoms with Gasteiger partial charge < -0.3 is 9.47 Å². The number of hydrogen-bond donors (Lipinski definition) is 0. The molecule has 0 N–H and O–H groups in total. The molecular weight excluding hydrogens is 426 g/mol. The topological polar surface area (TPSA) is 21.1 Å². The number of nitrogens with zero attached hydrogens (tertiary/aromatic N) is 3. The molecule has 1 aliphatic rings. The predicted molar refractivity (Wildman–Crippen MR) is 147 cm³/mol. The van der Waals surface area contributed by atoms with Crippen LogP contribution in [0, 0.1) is 0 Å². The zero-order chi connectivity index (χ0) is 24.0. The first-order valence-electron chi connectivity index (χ1n) is 12.2. The van der Waals surface area contributed by atoms with Gasteiger partial charge in [0.15, 0.2) is 0 Å². The number of para-hydroxylation sites is 2. The lowest BCUT2D eigenvalue weighted by Gasteiger charge is -2.29. The van der Waals surface area contributed by atoms with Crippen molar-refractivity contribution in [1.82, 2.24) is 9.55 Å². The number of anilines is 1. The van der Waals surface area contributed by atoms with Crippen LogP contribution >= 0.6 is 0 Å². The normalized spacial score (nSPS) is 16.8. The molecule has 6 rings (SSSR count). The van der Waals surface area contributed by atoms with Crippen LogP contribution in [0.2, 0.25) is 0 Å². The molecule has 0 bridgehead atoms. The maximum atomic E-state index is 4.69. The quantitative estimate of drug-likeness (QED) is 0.280. The molecule has 3 heterocycles. The van der Waals surface area contributed by atoms with Gasteiger partial charge >= 0.3 is 0 Å². The molecule has 172 valence electrons. The highest BCUT2D eigenvalue weighted by atomic mass is 15.2. The van der Waals surface area contributed by atoms with Crippen LogP contribution in [0.4, 0.5) is 5.82 Å². The molecule has 3 aromatic carbocycles. The van der Waals surface area contributed by atoms with Crippen molar-refractivity contribution >= 4 is 22.8 Å². The summed E-state index contributed by atoms with van der Waals surface area (Å²) >= 11 is 0. The number of likely N-dealkylation sites (N-methyl/N-ethyl adjacent to an activating group) is 1. The van der Waals surface area contributed by atoms with E-state index in [1.54, 1.807) is 0 Å². The summed E-state index contributed by atoms with van der Waals surface area (Å²) in [5.74, 6) is 1.07. The Bertz CT molecular complexity index is 1530. The summed E-state index contributed by atoms with van der Waals surface area (Å²) in [6.07, 6.45) is 6.59. The van der Waals surface area contributed by atoms with Crippen molar-refractivity contribution in [2.24, 2.45) is 0 Å². The SMILES string of the molecule is CN1c2ncccc2C(C)(C)C1/C=C/c1c(-c2ccccc2)n(-c2ccccc2)c2ccccc12. The third kappa shape index (κ3) is 3.38. The Morgan fingerprint density at radius 3 is 2.23 bits per heavy atom. The van der Waals surface area contributed by atoms with E-state index >= 15 is 0 Å². The van der Waals surface area contributed by atoms with Crippen molar-refractivity contribution in [2.75, 3.05) is 11.9 Å². The number of pyridine rings is 1. The van der Waals surface area contributed by atoms with E-state index in [1.165, 1.54) is 33.3 Å². The van der Waals surface area contributed by atoms with Crippen molar-refractivity contribution in [2.45, 2.75) is 25.3 Å². The second kappa shape index (κ2) is 8.28. The van der Waals surface area contributed by atoms with Crippen LogP contribution in [0.15, 0.2) is 109 Å². The van der Waals surface area contributed by atoms with Gasteiger partial charge in [0, 0.05) is 40.9 Å². The van der Waals surface area contributed by atoms with Crippen molar-refractivity contribution in [3.05, 3.63) is 120 Å².